The highest BCUT2D eigenvalue weighted by Crippen LogP contribution is 2.20. The molecule has 0 spiro atoms. The number of ether oxygens (including phenoxy) is 1. The van der Waals surface area contributed by atoms with Crippen molar-refractivity contribution in [1.29, 1.82) is 0 Å². The summed E-state index contributed by atoms with van der Waals surface area (Å²) in [6.45, 7) is 8.18. The highest BCUT2D eigenvalue weighted by molar-refractivity contribution is 7.89. The predicted octanol–water partition coefficient (Wildman–Crippen LogP) is 0.978. The van der Waals surface area contributed by atoms with Crippen LogP contribution in [0.25, 0.3) is 0 Å². The van der Waals surface area contributed by atoms with Gasteiger partial charge in [-0.05, 0) is 18.2 Å². The number of rotatable bonds is 5. The largest absolute Gasteiger partial charge is 0.379 e. The van der Waals surface area contributed by atoms with E-state index in [-0.39, 0.29) is 4.90 Å². The molecule has 0 saturated carbocycles. The fourth-order valence-electron chi connectivity index (χ4n) is 3.08. The summed E-state index contributed by atoms with van der Waals surface area (Å²) in [5.41, 5.74) is 0. The van der Waals surface area contributed by atoms with Gasteiger partial charge in [-0.3, -0.25) is 9.80 Å². The summed E-state index contributed by atoms with van der Waals surface area (Å²) in [4.78, 5) is 5.01. The first-order valence-corrected chi connectivity index (χ1v) is 10.2. The number of morpholine rings is 1. The molecule has 2 fully saturated rings. The monoisotopic (exact) mass is 373 g/mol. The van der Waals surface area contributed by atoms with Crippen LogP contribution in [0.4, 0.5) is 0 Å². The minimum atomic E-state index is -3.45. The van der Waals surface area contributed by atoms with Crippen LogP contribution >= 0.6 is 11.6 Å². The molecule has 2 aliphatic heterocycles. The number of piperazine rings is 1. The van der Waals surface area contributed by atoms with Gasteiger partial charge < -0.3 is 4.74 Å². The van der Waals surface area contributed by atoms with Gasteiger partial charge in [0.25, 0.3) is 0 Å². The third kappa shape index (κ3) is 4.47. The Morgan fingerprint density at radius 3 is 2.21 bits per heavy atom. The van der Waals surface area contributed by atoms with Gasteiger partial charge in [-0.15, -0.1) is 0 Å². The third-order valence-corrected chi connectivity index (χ3v) is 6.73. The zero-order valence-corrected chi connectivity index (χ0v) is 15.3. The minimum absolute atomic E-state index is 0.275. The van der Waals surface area contributed by atoms with E-state index in [1.54, 1.807) is 22.5 Å². The average molecular weight is 374 g/mol. The van der Waals surface area contributed by atoms with Gasteiger partial charge in [0.1, 0.15) is 0 Å². The molecule has 2 saturated heterocycles. The molecule has 1 aromatic rings. The van der Waals surface area contributed by atoms with E-state index >= 15 is 0 Å². The van der Waals surface area contributed by atoms with Crippen LogP contribution in [0.1, 0.15) is 0 Å². The van der Waals surface area contributed by atoms with Crippen molar-refractivity contribution in [3.63, 3.8) is 0 Å². The first-order valence-electron chi connectivity index (χ1n) is 8.34. The smallest absolute Gasteiger partial charge is 0.243 e. The van der Waals surface area contributed by atoms with E-state index in [9.17, 15) is 8.42 Å². The lowest BCUT2D eigenvalue weighted by Crippen LogP contribution is -2.50. The minimum Gasteiger partial charge on any atom is -0.379 e. The SMILES string of the molecule is O=S(=O)(c1cccc(Cl)c1)N1CCN(CCN2CCOCC2)CC1. The highest BCUT2D eigenvalue weighted by atomic mass is 35.5. The Kier molecular flexibility index (Phi) is 6.12. The van der Waals surface area contributed by atoms with Crippen LogP contribution in [0.15, 0.2) is 29.2 Å². The van der Waals surface area contributed by atoms with Crippen molar-refractivity contribution in [3.8, 4) is 0 Å². The molecule has 6 nitrogen and oxygen atoms in total. The van der Waals surface area contributed by atoms with E-state index < -0.39 is 10.0 Å². The molecule has 0 unspecified atom stereocenters. The lowest BCUT2D eigenvalue weighted by Gasteiger charge is -2.35. The number of sulfonamides is 1. The third-order valence-electron chi connectivity index (χ3n) is 4.60. The Morgan fingerprint density at radius 2 is 1.58 bits per heavy atom. The molecule has 1 aromatic carbocycles. The van der Waals surface area contributed by atoms with Crippen LogP contribution in [0.3, 0.4) is 0 Å². The average Bonchev–Trinajstić information content (AvgIpc) is 2.61. The van der Waals surface area contributed by atoms with E-state index in [0.717, 1.165) is 52.5 Å². The van der Waals surface area contributed by atoms with Crippen molar-refractivity contribution in [2.75, 3.05) is 65.6 Å². The van der Waals surface area contributed by atoms with Gasteiger partial charge in [-0.2, -0.15) is 4.31 Å². The van der Waals surface area contributed by atoms with Gasteiger partial charge in [-0.25, -0.2) is 8.42 Å². The topological polar surface area (TPSA) is 53.1 Å². The predicted molar refractivity (Wildman–Crippen MR) is 93.9 cm³/mol. The fraction of sp³-hybridized carbons (Fsp3) is 0.625. The van der Waals surface area contributed by atoms with Crippen LogP contribution in [0, 0.1) is 0 Å². The molecule has 0 bridgehead atoms. The number of halogens is 1. The maximum Gasteiger partial charge on any atom is 0.243 e. The van der Waals surface area contributed by atoms with Crippen LogP contribution in [-0.4, -0.2) is 88.1 Å². The first kappa shape index (κ1) is 18.1. The molecule has 134 valence electrons. The van der Waals surface area contributed by atoms with Gasteiger partial charge >= 0.3 is 0 Å². The maximum absolute atomic E-state index is 12.7. The van der Waals surface area contributed by atoms with Crippen LogP contribution in [-0.2, 0) is 14.8 Å². The van der Waals surface area contributed by atoms with Crippen LogP contribution in [0.5, 0.6) is 0 Å². The summed E-state index contributed by atoms with van der Waals surface area (Å²) in [6.07, 6.45) is 0. The van der Waals surface area contributed by atoms with Crippen LogP contribution < -0.4 is 0 Å². The van der Waals surface area contributed by atoms with E-state index in [1.165, 1.54) is 6.07 Å². The molecule has 2 aliphatic rings. The molecule has 0 amide bonds. The number of hydrogen-bond acceptors (Lipinski definition) is 5. The molecule has 8 heteroatoms. The highest BCUT2D eigenvalue weighted by Gasteiger charge is 2.28. The molecule has 2 heterocycles. The standard InChI is InChI=1S/C16H24ClN3O3S/c17-15-2-1-3-16(14-15)24(21,22)20-8-6-18(7-9-20)4-5-19-10-12-23-13-11-19/h1-3,14H,4-13H2. The van der Waals surface area contributed by atoms with Gasteiger partial charge in [0.05, 0.1) is 18.1 Å². The normalized spacial score (nSPS) is 21.9. The van der Waals surface area contributed by atoms with Gasteiger partial charge in [-0.1, -0.05) is 17.7 Å². The van der Waals surface area contributed by atoms with Crippen LogP contribution in [0.2, 0.25) is 5.02 Å². The second kappa shape index (κ2) is 8.12. The quantitative estimate of drug-likeness (QED) is 0.770. The second-order valence-corrected chi connectivity index (χ2v) is 8.53. The molecule has 0 aromatic heterocycles. The molecular formula is C16H24ClN3O3S. The molecule has 3 rings (SSSR count). The molecule has 24 heavy (non-hydrogen) atoms. The summed E-state index contributed by atoms with van der Waals surface area (Å²) < 4.78 is 32.3. The summed E-state index contributed by atoms with van der Waals surface area (Å²) in [5, 5.41) is 0.445. The molecule has 0 radical (unpaired) electrons. The Balaban J connectivity index is 1.51. The number of benzene rings is 1. The van der Waals surface area contributed by atoms with Crippen molar-refractivity contribution in [3.05, 3.63) is 29.3 Å². The zero-order valence-electron chi connectivity index (χ0n) is 13.7. The van der Waals surface area contributed by atoms with Crippen molar-refractivity contribution in [1.82, 2.24) is 14.1 Å². The van der Waals surface area contributed by atoms with Crippen molar-refractivity contribution >= 4 is 21.6 Å². The summed E-state index contributed by atoms with van der Waals surface area (Å²) in [7, 11) is -3.45. The molecular weight excluding hydrogens is 350 g/mol. The summed E-state index contributed by atoms with van der Waals surface area (Å²) in [6, 6.07) is 6.48. The van der Waals surface area contributed by atoms with E-state index in [1.807, 2.05) is 0 Å². The van der Waals surface area contributed by atoms with Crippen molar-refractivity contribution in [2.24, 2.45) is 0 Å². The first-order chi connectivity index (χ1) is 11.6. The maximum atomic E-state index is 12.7. The van der Waals surface area contributed by atoms with Gasteiger partial charge in [0, 0.05) is 57.4 Å². The Hall–Kier alpha value is -0.700. The fourth-order valence-corrected chi connectivity index (χ4v) is 4.80. The molecule has 0 aliphatic carbocycles. The Morgan fingerprint density at radius 1 is 0.958 bits per heavy atom. The van der Waals surface area contributed by atoms with Crippen molar-refractivity contribution in [2.45, 2.75) is 4.90 Å². The Bertz CT molecular complexity index is 642. The van der Waals surface area contributed by atoms with Gasteiger partial charge in [0.15, 0.2) is 0 Å². The number of nitrogens with zero attached hydrogens (tertiary/aromatic N) is 3. The zero-order chi connectivity index (χ0) is 17.0. The van der Waals surface area contributed by atoms with Crippen molar-refractivity contribution < 1.29 is 13.2 Å². The summed E-state index contributed by atoms with van der Waals surface area (Å²) >= 11 is 5.92. The van der Waals surface area contributed by atoms with Gasteiger partial charge in [0.2, 0.25) is 10.0 Å². The number of hydrogen-bond donors (Lipinski definition) is 0. The lowest BCUT2D eigenvalue weighted by atomic mass is 10.3. The molecule has 0 N–H and O–H groups in total. The Labute approximate surface area is 149 Å². The van der Waals surface area contributed by atoms with E-state index in [0.29, 0.717) is 18.1 Å². The van der Waals surface area contributed by atoms with E-state index in [2.05, 4.69) is 9.80 Å². The van der Waals surface area contributed by atoms with E-state index in [4.69, 9.17) is 16.3 Å². The second-order valence-electron chi connectivity index (χ2n) is 6.16. The lowest BCUT2D eigenvalue weighted by molar-refractivity contribution is 0.0317. The molecule has 0 atom stereocenters. The summed E-state index contributed by atoms with van der Waals surface area (Å²) in [5.74, 6) is 0.